The van der Waals surface area contributed by atoms with Crippen molar-refractivity contribution in [2.45, 2.75) is 26.1 Å². The number of nitrogens with one attached hydrogen (secondary N) is 1. The van der Waals surface area contributed by atoms with E-state index in [2.05, 4.69) is 24.4 Å². The average molecular weight is 368 g/mol. The van der Waals surface area contributed by atoms with Crippen LogP contribution in [0.2, 0.25) is 0 Å². The molecule has 0 fully saturated rings. The molecule has 3 nitrogen and oxygen atoms in total. The van der Waals surface area contributed by atoms with Gasteiger partial charge in [-0.1, -0.05) is 31.2 Å². The number of carbonyl (C=O) groups excluding carboxylic acids is 1. The molecule has 3 aromatic rings. The number of anilines is 1. The van der Waals surface area contributed by atoms with Gasteiger partial charge in [0.05, 0.1) is 5.56 Å². The summed E-state index contributed by atoms with van der Waals surface area (Å²) in [7, 11) is 0. The summed E-state index contributed by atoms with van der Waals surface area (Å²) in [5.74, 6) is -0.332. The zero-order chi connectivity index (χ0) is 18.1. The molecule has 0 saturated carbocycles. The van der Waals surface area contributed by atoms with Crippen LogP contribution in [0.25, 0.3) is 0 Å². The van der Waals surface area contributed by atoms with Crippen molar-refractivity contribution >= 4 is 22.9 Å². The zero-order valence-corrected chi connectivity index (χ0v) is 15.2. The molecule has 5 heteroatoms. The Morgan fingerprint density at radius 1 is 1.15 bits per heavy atom. The minimum Gasteiger partial charge on any atom is -0.360 e. The molecule has 134 valence electrons. The van der Waals surface area contributed by atoms with Gasteiger partial charge in [0.15, 0.2) is 0 Å². The van der Waals surface area contributed by atoms with Gasteiger partial charge in [-0.3, -0.25) is 4.79 Å². The number of rotatable bonds is 4. The first-order valence-corrected chi connectivity index (χ1v) is 9.47. The third-order valence-electron chi connectivity index (χ3n) is 4.56. The molecule has 0 aliphatic carbocycles. The molecule has 4 rings (SSSR count). The molecule has 0 radical (unpaired) electrons. The van der Waals surface area contributed by atoms with Gasteiger partial charge < -0.3 is 10.2 Å². The maximum atomic E-state index is 13.6. The van der Waals surface area contributed by atoms with Crippen LogP contribution in [0.3, 0.4) is 0 Å². The molecule has 0 spiro atoms. The second-order valence-corrected chi connectivity index (χ2v) is 7.51. The monoisotopic (exact) mass is 368 g/mol. The van der Waals surface area contributed by atoms with Gasteiger partial charge in [0.2, 0.25) is 0 Å². The molecule has 1 aromatic heterocycles. The SMILES string of the molecule is CCc1ccc(C2Nc3ccccc3C(=O)N2Cc2cccc(F)c2)s1.[HH]. The van der Waals surface area contributed by atoms with Crippen molar-refractivity contribution in [2.24, 2.45) is 0 Å². The maximum Gasteiger partial charge on any atom is 0.258 e. The number of halogens is 1. The summed E-state index contributed by atoms with van der Waals surface area (Å²) < 4.78 is 13.6. The van der Waals surface area contributed by atoms with Gasteiger partial charge in [-0.25, -0.2) is 4.39 Å². The lowest BCUT2D eigenvalue weighted by Crippen LogP contribution is -2.42. The molecule has 1 amide bonds. The molecule has 1 atom stereocenters. The molecule has 1 N–H and O–H groups in total. The quantitative estimate of drug-likeness (QED) is 0.663. The first-order chi connectivity index (χ1) is 12.7. The van der Waals surface area contributed by atoms with Crippen molar-refractivity contribution in [3.05, 3.63) is 87.4 Å². The minimum absolute atomic E-state index is 0. The first-order valence-electron chi connectivity index (χ1n) is 8.65. The Hall–Kier alpha value is -2.66. The number of fused-ring (bicyclic) bond motifs is 1. The Bertz CT molecular complexity index is 959. The van der Waals surface area contributed by atoms with E-state index in [1.54, 1.807) is 22.3 Å². The van der Waals surface area contributed by atoms with Gasteiger partial charge in [0, 0.05) is 23.4 Å². The number of amides is 1. The van der Waals surface area contributed by atoms with Crippen LogP contribution >= 0.6 is 11.3 Å². The Morgan fingerprint density at radius 2 is 2.00 bits per heavy atom. The normalized spacial score (nSPS) is 16.3. The summed E-state index contributed by atoms with van der Waals surface area (Å²) in [6.07, 6.45) is 0.706. The fourth-order valence-corrected chi connectivity index (χ4v) is 4.26. The maximum absolute atomic E-state index is 13.6. The molecule has 0 bridgehead atoms. The molecule has 1 aliphatic heterocycles. The first kappa shape index (κ1) is 16.8. The third-order valence-corrected chi connectivity index (χ3v) is 5.85. The van der Waals surface area contributed by atoms with Crippen LogP contribution in [0, 0.1) is 5.82 Å². The largest absolute Gasteiger partial charge is 0.360 e. The van der Waals surface area contributed by atoms with Crippen LogP contribution in [0.1, 0.15) is 40.2 Å². The number of hydrogen-bond acceptors (Lipinski definition) is 3. The minimum atomic E-state index is -0.290. The lowest BCUT2D eigenvalue weighted by Gasteiger charge is -2.37. The van der Waals surface area contributed by atoms with Crippen molar-refractivity contribution in [3.63, 3.8) is 0 Å². The van der Waals surface area contributed by atoms with Crippen molar-refractivity contribution in [2.75, 3.05) is 5.32 Å². The van der Waals surface area contributed by atoms with Crippen LogP contribution in [-0.2, 0) is 13.0 Å². The molecule has 2 heterocycles. The van der Waals surface area contributed by atoms with Crippen molar-refractivity contribution in [1.82, 2.24) is 4.90 Å². The molecule has 1 unspecified atom stereocenters. The molecule has 2 aromatic carbocycles. The second-order valence-electron chi connectivity index (χ2n) is 6.31. The summed E-state index contributed by atoms with van der Waals surface area (Å²) in [4.78, 5) is 17.3. The fraction of sp³-hybridized carbons (Fsp3) is 0.190. The Kier molecular flexibility index (Phi) is 4.47. The van der Waals surface area contributed by atoms with E-state index in [1.165, 1.54) is 17.0 Å². The molecular weight excluding hydrogens is 347 g/mol. The van der Waals surface area contributed by atoms with Crippen LogP contribution in [0.15, 0.2) is 60.7 Å². The van der Waals surface area contributed by atoms with E-state index in [9.17, 15) is 9.18 Å². The lowest BCUT2D eigenvalue weighted by atomic mass is 10.1. The highest BCUT2D eigenvalue weighted by molar-refractivity contribution is 7.12. The van der Waals surface area contributed by atoms with E-state index in [0.29, 0.717) is 12.1 Å². The number of hydrogen-bond donors (Lipinski definition) is 1. The van der Waals surface area contributed by atoms with E-state index in [-0.39, 0.29) is 19.3 Å². The fourth-order valence-electron chi connectivity index (χ4n) is 3.24. The van der Waals surface area contributed by atoms with E-state index >= 15 is 0 Å². The number of thiophene rings is 1. The summed E-state index contributed by atoms with van der Waals surface area (Å²) >= 11 is 1.70. The lowest BCUT2D eigenvalue weighted by molar-refractivity contribution is 0.0669. The number of carbonyl (C=O) groups is 1. The predicted octanol–water partition coefficient (Wildman–Crippen LogP) is 5.46. The van der Waals surface area contributed by atoms with E-state index in [1.807, 2.05) is 30.3 Å². The van der Waals surface area contributed by atoms with Crippen molar-refractivity contribution < 1.29 is 10.6 Å². The summed E-state index contributed by atoms with van der Waals surface area (Å²) in [5, 5.41) is 3.49. The van der Waals surface area contributed by atoms with Gasteiger partial charge in [-0.2, -0.15) is 0 Å². The number of para-hydroxylation sites is 1. The van der Waals surface area contributed by atoms with Crippen LogP contribution in [-0.4, -0.2) is 10.8 Å². The molecule has 26 heavy (non-hydrogen) atoms. The highest BCUT2D eigenvalue weighted by Crippen LogP contribution is 2.36. The number of benzene rings is 2. The number of aryl methyl sites for hydroxylation is 1. The Morgan fingerprint density at radius 3 is 2.77 bits per heavy atom. The van der Waals surface area contributed by atoms with Gasteiger partial charge in [-0.15, -0.1) is 11.3 Å². The summed E-state index contributed by atoms with van der Waals surface area (Å²) in [5.41, 5.74) is 2.26. The second kappa shape index (κ2) is 6.92. The van der Waals surface area contributed by atoms with Gasteiger partial charge in [-0.05, 0) is 48.4 Å². The van der Waals surface area contributed by atoms with Gasteiger partial charge in [0.25, 0.3) is 5.91 Å². The summed E-state index contributed by atoms with van der Waals surface area (Å²) in [6, 6.07) is 18.1. The smallest absolute Gasteiger partial charge is 0.258 e. The standard InChI is InChI=1S/C21H19FN2OS.H2/c1-2-16-10-11-19(26-16)20-23-18-9-4-3-8-17(18)21(25)24(20)13-14-6-5-7-15(22)12-14;/h3-12,20,23H,2,13H2,1H3;1H. The van der Waals surface area contributed by atoms with Crippen molar-refractivity contribution in [3.8, 4) is 0 Å². The van der Waals surface area contributed by atoms with Crippen LogP contribution in [0.4, 0.5) is 10.1 Å². The Balaban J connectivity index is 0.00000210. The third kappa shape index (κ3) is 3.10. The van der Waals surface area contributed by atoms with E-state index in [0.717, 1.165) is 22.5 Å². The van der Waals surface area contributed by atoms with E-state index in [4.69, 9.17) is 0 Å². The summed E-state index contributed by atoms with van der Waals surface area (Å²) in [6.45, 7) is 2.47. The van der Waals surface area contributed by atoms with Gasteiger partial charge in [0.1, 0.15) is 12.0 Å². The highest BCUT2D eigenvalue weighted by Gasteiger charge is 2.33. The van der Waals surface area contributed by atoms with Crippen LogP contribution < -0.4 is 5.32 Å². The number of nitrogens with zero attached hydrogens (tertiary/aromatic N) is 1. The van der Waals surface area contributed by atoms with Gasteiger partial charge >= 0.3 is 0 Å². The molecule has 1 aliphatic rings. The van der Waals surface area contributed by atoms with E-state index < -0.39 is 0 Å². The zero-order valence-electron chi connectivity index (χ0n) is 14.4. The Labute approximate surface area is 157 Å². The topological polar surface area (TPSA) is 32.3 Å². The average Bonchev–Trinajstić information content (AvgIpc) is 3.13. The van der Waals surface area contributed by atoms with Crippen molar-refractivity contribution in [1.29, 1.82) is 0 Å². The highest BCUT2D eigenvalue weighted by atomic mass is 32.1. The molecule has 0 saturated heterocycles. The molecular formula is C21H21FN2OS. The van der Waals surface area contributed by atoms with Crippen LogP contribution in [0.5, 0.6) is 0 Å². The predicted molar refractivity (Wildman–Crippen MR) is 105 cm³/mol.